The van der Waals surface area contributed by atoms with Crippen molar-refractivity contribution in [2.45, 2.75) is 63.8 Å². The van der Waals surface area contributed by atoms with Gasteiger partial charge in [0.1, 0.15) is 5.75 Å². The molecule has 2 saturated heterocycles. The number of carbonyl (C=O) groups is 4. The Kier molecular flexibility index (Phi) is 13.2. The van der Waals surface area contributed by atoms with Crippen molar-refractivity contribution in [2.24, 2.45) is 17.8 Å². The Morgan fingerprint density at radius 2 is 1.50 bits per heavy atom. The van der Waals surface area contributed by atoms with Gasteiger partial charge in [0, 0.05) is 5.92 Å². The van der Waals surface area contributed by atoms with Crippen LogP contribution >= 0.6 is 0 Å². The van der Waals surface area contributed by atoms with Crippen LogP contribution in [0.2, 0.25) is 0 Å². The van der Waals surface area contributed by atoms with E-state index >= 15 is 0 Å². The van der Waals surface area contributed by atoms with E-state index in [2.05, 4.69) is 21.3 Å². The van der Waals surface area contributed by atoms with E-state index in [1.807, 2.05) is 0 Å². The van der Waals surface area contributed by atoms with Crippen molar-refractivity contribution in [2.75, 3.05) is 39.3 Å². The minimum Gasteiger partial charge on any atom is -0.482 e. The summed E-state index contributed by atoms with van der Waals surface area (Å²) in [5, 5.41) is 30.5. The van der Waals surface area contributed by atoms with Crippen molar-refractivity contribution in [1.82, 2.24) is 21.3 Å². The van der Waals surface area contributed by atoms with Gasteiger partial charge in [0.15, 0.2) is 6.61 Å². The summed E-state index contributed by atoms with van der Waals surface area (Å²) in [6, 6.07) is 5.43. The predicted molar refractivity (Wildman–Crippen MR) is 149 cm³/mol. The summed E-state index contributed by atoms with van der Waals surface area (Å²) in [5.41, 5.74) is 0.465. The predicted octanol–water partition coefficient (Wildman–Crippen LogP) is 2.07. The van der Waals surface area contributed by atoms with Gasteiger partial charge >= 0.3 is 11.9 Å². The van der Waals surface area contributed by atoms with Crippen LogP contribution in [0.25, 0.3) is 0 Å². The van der Waals surface area contributed by atoms with Crippen molar-refractivity contribution < 1.29 is 34.1 Å². The van der Waals surface area contributed by atoms with Gasteiger partial charge in [-0.05, 0) is 107 Å². The molecule has 0 aliphatic carbocycles. The third-order valence-electron chi connectivity index (χ3n) is 7.89. The molecule has 3 rings (SSSR count). The van der Waals surface area contributed by atoms with Gasteiger partial charge in [-0.25, -0.2) is 4.79 Å². The number of piperidine rings is 2. The van der Waals surface area contributed by atoms with Crippen LogP contribution < -0.4 is 26.0 Å². The Hall–Kier alpha value is -3.18. The lowest BCUT2D eigenvalue weighted by Crippen LogP contribution is -2.41. The highest BCUT2D eigenvalue weighted by Crippen LogP contribution is 2.27. The fourth-order valence-corrected chi connectivity index (χ4v) is 5.57. The second-order valence-electron chi connectivity index (χ2n) is 10.9. The molecular weight excluding hydrogens is 516 g/mol. The highest BCUT2D eigenvalue weighted by atomic mass is 16.5. The number of benzene rings is 1. The molecule has 1 aromatic rings. The zero-order chi connectivity index (χ0) is 28.7. The van der Waals surface area contributed by atoms with Gasteiger partial charge in [-0.3, -0.25) is 14.4 Å². The summed E-state index contributed by atoms with van der Waals surface area (Å²) in [4.78, 5) is 48.3. The van der Waals surface area contributed by atoms with Crippen LogP contribution in [0.1, 0.15) is 69.4 Å². The van der Waals surface area contributed by atoms with Crippen molar-refractivity contribution in [3.63, 3.8) is 0 Å². The van der Waals surface area contributed by atoms with Crippen LogP contribution in [0, 0.1) is 17.8 Å². The van der Waals surface area contributed by atoms with E-state index in [0.717, 1.165) is 77.5 Å². The summed E-state index contributed by atoms with van der Waals surface area (Å²) in [6.45, 7) is 3.28. The van der Waals surface area contributed by atoms with E-state index in [1.165, 1.54) is 6.07 Å². The number of hydrogen-bond acceptors (Lipinski definition) is 7. The Morgan fingerprint density at radius 3 is 2.05 bits per heavy atom. The number of carboxylic acid groups (broad SMARTS) is 2. The Balaban J connectivity index is 1.56. The minimum atomic E-state index is -1.14. The summed E-state index contributed by atoms with van der Waals surface area (Å²) in [7, 11) is 0. The first-order chi connectivity index (χ1) is 19.3. The first-order valence-electron chi connectivity index (χ1n) is 14.4. The van der Waals surface area contributed by atoms with Crippen molar-refractivity contribution in [3.8, 4) is 5.75 Å². The van der Waals surface area contributed by atoms with E-state index in [4.69, 9.17) is 9.84 Å². The van der Waals surface area contributed by atoms with Crippen LogP contribution in [0.15, 0.2) is 24.3 Å². The van der Waals surface area contributed by atoms with Gasteiger partial charge in [0.05, 0.1) is 19.0 Å². The second kappa shape index (κ2) is 16.8. The fraction of sp³-hybridized carbons (Fsp3) is 0.655. The lowest BCUT2D eigenvalue weighted by molar-refractivity contribution is -0.139. The average Bonchev–Trinajstić information content (AvgIpc) is 2.95. The molecule has 2 heterocycles. The molecule has 0 spiro atoms. The molecule has 2 aliphatic rings. The van der Waals surface area contributed by atoms with Crippen LogP contribution in [-0.2, 0) is 19.2 Å². The molecule has 40 heavy (non-hydrogen) atoms. The maximum Gasteiger partial charge on any atom is 0.341 e. The van der Waals surface area contributed by atoms with Crippen molar-refractivity contribution in [1.29, 1.82) is 0 Å². The maximum atomic E-state index is 13.2. The van der Waals surface area contributed by atoms with Crippen molar-refractivity contribution in [3.05, 3.63) is 29.8 Å². The largest absolute Gasteiger partial charge is 0.482 e. The Labute approximate surface area is 235 Å². The first-order valence-corrected chi connectivity index (χ1v) is 14.4. The second-order valence-corrected chi connectivity index (χ2v) is 10.9. The fourth-order valence-electron chi connectivity index (χ4n) is 5.57. The summed E-state index contributed by atoms with van der Waals surface area (Å²) >= 11 is 0. The highest BCUT2D eigenvalue weighted by molar-refractivity contribution is 5.86. The molecule has 2 fully saturated rings. The van der Waals surface area contributed by atoms with Gasteiger partial charge in [-0.2, -0.15) is 0 Å². The van der Waals surface area contributed by atoms with Gasteiger partial charge in [-0.1, -0.05) is 12.1 Å². The van der Waals surface area contributed by atoms with Gasteiger partial charge in [0.25, 0.3) is 0 Å². The number of carbonyl (C=O) groups excluding carboxylic acids is 2. The number of aliphatic carboxylic acids is 2. The zero-order valence-electron chi connectivity index (χ0n) is 23.2. The molecule has 6 N–H and O–H groups in total. The zero-order valence-corrected chi connectivity index (χ0v) is 23.2. The van der Waals surface area contributed by atoms with Crippen LogP contribution in [0.5, 0.6) is 5.75 Å². The minimum absolute atomic E-state index is 0.128. The molecule has 1 unspecified atom stereocenters. The molecule has 0 saturated carbocycles. The van der Waals surface area contributed by atoms with Crippen molar-refractivity contribution >= 4 is 23.8 Å². The molecule has 11 heteroatoms. The number of nitrogens with one attached hydrogen (secondary N) is 4. The molecule has 0 radical (unpaired) electrons. The summed E-state index contributed by atoms with van der Waals surface area (Å²) in [5.74, 6) is -1.54. The average molecular weight is 561 g/mol. The lowest BCUT2D eigenvalue weighted by atomic mass is 9.84. The molecule has 11 nitrogen and oxygen atoms in total. The number of ether oxygens (including phenoxy) is 1. The van der Waals surface area contributed by atoms with Crippen LogP contribution in [-0.4, -0.2) is 73.3 Å². The molecule has 1 atom stereocenters. The van der Waals surface area contributed by atoms with E-state index in [0.29, 0.717) is 17.4 Å². The third kappa shape index (κ3) is 11.5. The number of carboxylic acids is 2. The van der Waals surface area contributed by atoms with Crippen LogP contribution in [0.3, 0.4) is 0 Å². The summed E-state index contributed by atoms with van der Waals surface area (Å²) < 4.78 is 5.18. The molecule has 0 aromatic heterocycles. The SMILES string of the molecule is O=C(O)COc1cccc(C(CC(=O)O)NC(=O)CNC(=O)C(CCC2CCNCC2)CCC2CCNCC2)c1. The smallest absolute Gasteiger partial charge is 0.341 e. The Bertz CT molecular complexity index is 955. The van der Waals surface area contributed by atoms with E-state index in [1.54, 1.807) is 18.2 Å². The molecule has 2 aliphatic heterocycles. The topological polar surface area (TPSA) is 166 Å². The van der Waals surface area contributed by atoms with E-state index in [9.17, 15) is 24.3 Å². The Morgan fingerprint density at radius 1 is 0.900 bits per heavy atom. The standard InChI is InChI=1S/C29H44N4O7/c34-26(33-25(17-27(35)36)23-2-1-3-24(16-23)40-19-28(37)38)18-32-29(39)22(6-4-20-8-12-30-13-9-20)7-5-21-10-14-31-15-11-21/h1-3,16,20-22,25,30-31H,4-15,17-19H2,(H,32,39)(H,33,34)(H,35,36)(H,37,38). The number of rotatable bonds is 16. The molecule has 0 bridgehead atoms. The monoisotopic (exact) mass is 560 g/mol. The van der Waals surface area contributed by atoms with Gasteiger partial charge < -0.3 is 36.2 Å². The quantitative estimate of drug-likeness (QED) is 0.177. The van der Waals surface area contributed by atoms with E-state index < -0.39 is 30.5 Å². The van der Waals surface area contributed by atoms with Gasteiger partial charge in [-0.15, -0.1) is 0 Å². The lowest BCUT2D eigenvalue weighted by Gasteiger charge is -2.27. The first kappa shape index (κ1) is 31.3. The third-order valence-corrected chi connectivity index (χ3v) is 7.89. The highest BCUT2D eigenvalue weighted by Gasteiger charge is 2.25. The molecule has 2 amide bonds. The summed E-state index contributed by atoms with van der Waals surface area (Å²) in [6.07, 6.45) is 7.71. The maximum absolute atomic E-state index is 13.2. The normalized spacial score (nSPS) is 17.2. The molecule has 1 aromatic carbocycles. The molecule has 222 valence electrons. The number of amides is 2. The van der Waals surface area contributed by atoms with E-state index in [-0.39, 0.29) is 30.5 Å². The number of hydrogen-bond donors (Lipinski definition) is 6. The van der Waals surface area contributed by atoms with Gasteiger partial charge in [0.2, 0.25) is 11.8 Å². The van der Waals surface area contributed by atoms with Crippen LogP contribution in [0.4, 0.5) is 0 Å². The molecular formula is C29H44N4O7.